The summed E-state index contributed by atoms with van der Waals surface area (Å²) in [5, 5.41) is 9.51. The minimum atomic E-state index is -0.210. The summed E-state index contributed by atoms with van der Waals surface area (Å²) in [6.07, 6.45) is 2.99. The Kier molecular flexibility index (Phi) is 3.26. The fraction of sp³-hybridized carbons (Fsp3) is 0.538. The normalized spacial score (nSPS) is 20.2. The molecule has 1 aromatic rings. The summed E-state index contributed by atoms with van der Waals surface area (Å²) in [4.78, 5) is 0. The minimum Gasteiger partial charge on any atom is -0.396 e. The summed E-state index contributed by atoms with van der Waals surface area (Å²) in [6.45, 7) is 0.491. The maximum atomic E-state index is 13.7. The molecule has 0 saturated heterocycles. The summed E-state index contributed by atoms with van der Waals surface area (Å²) < 4.78 is 13.7. The summed E-state index contributed by atoms with van der Waals surface area (Å²) in [6, 6.07) is 6.74. The lowest BCUT2D eigenvalue weighted by molar-refractivity contribution is 0.0182. The molecule has 1 fully saturated rings. The Morgan fingerprint density at radius 1 is 1.38 bits per heavy atom. The predicted octanol–water partition coefficient (Wildman–Crippen LogP) is 2.03. The van der Waals surface area contributed by atoms with Gasteiger partial charge in [-0.25, -0.2) is 4.39 Å². The van der Waals surface area contributed by atoms with Gasteiger partial charge >= 0.3 is 0 Å². The van der Waals surface area contributed by atoms with Crippen LogP contribution in [0.1, 0.15) is 30.7 Å². The zero-order chi connectivity index (χ0) is 11.6. The molecule has 88 valence electrons. The Balaban J connectivity index is 2.32. The number of aliphatic hydroxyl groups excluding tert-OH is 1. The number of benzene rings is 1. The van der Waals surface area contributed by atoms with Gasteiger partial charge in [-0.3, -0.25) is 0 Å². The van der Waals surface area contributed by atoms with E-state index in [1.807, 2.05) is 6.07 Å². The second kappa shape index (κ2) is 4.52. The van der Waals surface area contributed by atoms with Gasteiger partial charge in [0.15, 0.2) is 0 Å². The molecule has 1 atom stereocenters. The van der Waals surface area contributed by atoms with Crippen LogP contribution < -0.4 is 5.73 Å². The molecular formula is C13H18FNO. The molecule has 0 bridgehead atoms. The van der Waals surface area contributed by atoms with Crippen LogP contribution in [0, 0.1) is 11.2 Å². The third-order valence-electron chi connectivity index (χ3n) is 3.92. The lowest BCUT2D eigenvalue weighted by Crippen LogP contribution is -2.42. The number of nitrogens with two attached hydrogens (primary N) is 1. The Labute approximate surface area is 95.3 Å². The predicted molar refractivity (Wildman–Crippen MR) is 61.6 cm³/mol. The van der Waals surface area contributed by atoms with Crippen LogP contribution in [0.2, 0.25) is 0 Å². The molecule has 2 nitrogen and oxygen atoms in total. The average Bonchev–Trinajstić information content (AvgIpc) is 2.25. The summed E-state index contributed by atoms with van der Waals surface area (Å²) >= 11 is 0. The van der Waals surface area contributed by atoms with E-state index in [0.717, 1.165) is 19.3 Å². The van der Waals surface area contributed by atoms with E-state index in [0.29, 0.717) is 12.1 Å². The van der Waals surface area contributed by atoms with E-state index in [1.54, 1.807) is 12.1 Å². The third-order valence-corrected chi connectivity index (χ3v) is 3.92. The second-order valence-electron chi connectivity index (χ2n) is 4.68. The van der Waals surface area contributed by atoms with Crippen molar-refractivity contribution in [2.45, 2.75) is 25.2 Å². The Hall–Kier alpha value is -0.930. The molecule has 1 saturated carbocycles. The van der Waals surface area contributed by atoms with Crippen LogP contribution in [0.15, 0.2) is 24.3 Å². The van der Waals surface area contributed by atoms with Crippen molar-refractivity contribution in [2.75, 3.05) is 13.2 Å². The quantitative estimate of drug-likeness (QED) is 0.820. The number of halogens is 1. The fourth-order valence-corrected chi connectivity index (χ4v) is 2.71. The standard InChI is InChI=1S/C13H18FNO/c14-12-5-2-1-4-10(12)11(8-15)13(9-16)6-3-7-13/h1-2,4-5,11,16H,3,6-9,15H2/t11-/m1/s1. The molecule has 16 heavy (non-hydrogen) atoms. The Morgan fingerprint density at radius 3 is 2.50 bits per heavy atom. The van der Waals surface area contributed by atoms with Crippen LogP contribution in [-0.4, -0.2) is 18.3 Å². The van der Waals surface area contributed by atoms with Gasteiger partial charge in [0.05, 0.1) is 0 Å². The monoisotopic (exact) mass is 223 g/mol. The van der Waals surface area contributed by atoms with Crippen LogP contribution >= 0.6 is 0 Å². The van der Waals surface area contributed by atoms with Crippen molar-refractivity contribution in [3.8, 4) is 0 Å². The van der Waals surface area contributed by atoms with E-state index in [1.165, 1.54) is 6.07 Å². The molecule has 0 spiro atoms. The molecule has 0 aliphatic heterocycles. The fourth-order valence-electron chi connectivity index (χ4n) is 2.71. The van der Waals surface area contributed by atoms with Gasteiger partial charge in [-0.2, -0.15) is 0 Å². The van der Waals surface area contributed by atoms with Gasteiger partial charge < -0.3 is 10.8 Å². The van der Waals surface area contributed by atoms with E-state index in [-0.39, 0.29) is 23.8 Å². The topological polar surface area (TPSA) is 46.2 Å². The number of hydrogen-bond acceptors (Lipinski definition) is 2. The highest BCUT2D eigenvalue weighted by Gasteiger charge is 2.44. The highest BCUT2D eigenvalue weighted by Crippen LogP contribution is 2.51. The summed E-state index contributed by atoms with van der Waals surface area (Å²) in [5.74, 6) is -0.273. The second-order valence-corrected chi connectivity index (χ2v) is 4.68. The van der Waals surface area contributed by atoms with E-state index in [9.17, 15) is 9.50 Å². The summed E-state index contributed by atoms with van der Waals surface area (Å²) in [5.41, 5.74) is 6.24. The Morgan fingerprint density at radius 2 is 2.06 bits per heavy atom. The first-order chi connectivity index (χ1) is 7.73. The molecule has 0 amide bonds. The molecule has 3 N–H and O–H groups in total. The smallest absolute Gasteiger partial charge is 0.126 e. The van der Waals surface area contributed by atoms with Gasteiger partial charge in [0, 0.05) is 17.9 Å². The van der Waals surface area contributed by atoms with Crippen molar-refractivity contribution in [3.63, 3.8) is 0 Å². The van der Waals surface area contributed by atoms with Crippen LogP contribution in [0.25, 0.3) is 0 Å². The first kappa shape index (κ1) is 11.6. The van der Waals surface area contributed by atoms with E-state index in [2.05, 4.69) is 0 Å². The van der Waals surface area contributed by atoms with E-state index in [4.69, 9.17) is 5.73 Å². The summed E-state index contributed by atoms with van der Waals surface area (Å²) in [7, 11) is 0. The van der Waals surface area contributed by atoms with Crippen LogP contribution in [0.3, 0.4) is 0 Å². The molecule has 0 aromatic heterocycles. The van der Waals surface area contributed by atoms with Crippen molar-refractivity contribution < 1.29 is 9.50 Å². The van der Waals surface area contributed by atoms with Gasteiger partial charge in [-0.05, 0) is 31.0 Å². The molecule has 1 aliphatic carbocycles. The van der Waals surface area contributed by atoms with Crippen LogP contribution in [0.4, 0.5) is 4.39 Å². The lowest BCUT2D eigenvalue weighted by atomic mass is 9.59. The third kappa shape index (κ3) is 1.74. The maximum Gasteiger partial charge on any atom is 0.126 e. The van der Waals surface area contributed by atoms with Crippen molar-refractivity contribution >= 4 is 0 Å². The molecular weight excluding hydrogens is 205 g/mol. The van der Waals surface area contributed by atoms with E-state index >= 15 is 0 Å². The largest absolute Gasteiger partial charge is 0.396 e. The average molecular weight is 223 g/mol. The molecule has 0 radical (unpaired) electrons. The lowest BCUT2D eigenvalue weighted by Gasteiger charge is -2.46. The molecule has 3 heteroatoms. The Bertz CT molecular complexity index is 357. The van der Waals surface area contributed by atoms with Crippen LogP contribution in [0.5, 0.6) is 0 Å². The van der Waals surface area contributed by atoms with Gasteiger partial charge in [-0.15, -0.1) is 0 Å². The zero-order valence-corrected chi connectivity index (χ0v) is 9.32. The molecule has 2 rings (SSSR count). The van der Waals surface area contributed by atoms with Crippen molar-refractivity contribution in [2.24, 2.45) is 11.1 Å². The SMILES string of the molecule is NC[C@H](c1ccccc1F)C1(CO)CCC1. The highest BCUT2D eigenvalue weighted by atomic mass is 19.1. The van der Waals surface area contributed by atoms with E-state index < -0.39 is 0 Å². The zero-order valence-electron chi connectivity index (χ0n) is 9.32. The minimum absolute atomic E-state index is 0.0625. The number of rotatable bonds is 4. The van der Waals surface area contributed by atoms with Crippen molar-refractivity contribution in [1.29, 1.82) is 0 Å². The molecule has 0 heterocycles. The number of aliphatic hydroxyl groups is 1. The van der Waals surface area contributed by atoms with Crippen molar-refractivity contribution in [1.82, 2.24) is 0 Å². The molecule has 1 aromatic carbocycles. The van der Waals surface area contributed by atoms with Gasteiger partial charge in [0.2, 0.25) is 0 Å². The molecule has 1 aliphatic rings. The van der Waals surface area contributed by atoms with Gasteiger partial charge in [0.25, 0.3) is 0 Å². The van der Waals surface area contributed by atoms with Gasteiger partial charge in [-0.1, -0.05) is 24.6 Å². The first-order valence-corrected chi connectivity index (χ1v) is 5.79. The maximum absolute atomic E-state index is 13.7. The molecule has 0 unspecified atom stereocenters. The highest BCUT2D eigenvalue weighted by molar-refractivity contribution is 5.25. The van der Waals surface area contributed by atoms with Crippen molar-refractivity contribution in [3.05, 3.63) is 35.6 Å². The van der Waals surface area contributed by atoms with Crippen LogP contribution in [-0.2, 0) is 0 Å². The number of hydrogen-bond donors (Lipinski definition) is 2. The van der Waals surface area contributed by atoms with Gasteiger partial charge in [0.1, 0.15) is 5.82 Å². The first-order valence-electron chi connectivity index (χ1n) is 5.79.